The van der Waals surface area contributed by atoms with Gasteiger partial charge in [-0.25, -0.2) is 0 Å². The van der Waals surface area contributed by atoms with E-state index in [0.29, 0.717) is 0 Å². The van der Waals surface area contributed by atoms with Crippen LogP contribution in [-0.4, -0.2) is 0 Å². The monoisotopic (exact) mass is 426 g/mol. The van der Waals surface area contributed by atoms with Gasteiger partial charge >= 0.3 is 0 Å². The van der Waals surface area contributed by atoms with Crippen molar-refractivity contribution in [2.75, 3.05) is 0 Å². The molecule has 0 spiro atoms. The lowest BCUT2D eigenvalue weighted by Gasteiger charge is -2.22. The van der Waals surface area contributed by atoms with Crippen LogP contribution in [0, 0.1) is 11.8 Å². The van der Waals surface area contributed by atoms with E-state index in [2.05, 4.69) is 74.5 Å². The average Bonchev–Trinajstić information content (AvgIpc) is 2.87. The highest BCUT2D eigenvalue weighted by Gasteiger charge is 2.16. The lowest BCUT2D eigenvalue weighted by atomic mass is 9.83. The molecule has 2 atom stereocenters. The summed E-state index contributed by atoms with van der Waals surface area (Å²) in [5, 5.41) is 0. The lowest BCUT2D eigenvalue weighted by molar-refractivity contribution is 0.434. The summed E-state index contributed by atoms with van der Waals surface area (Å²) in [5.41, 5.74) is 8.61. The van der Waals surface area contributed by atoms with Gasteiger partial charge in [0.2, 0.25) is 0 Å². The second kappa shape index (κ2) is 11.7. The Morgan fingerprint density at radius 2 is 0.938 bits per heavy atom. The van der Waals surface area contributed by atoms with E-state index in [1.165, 1.54) is 99.3 Å². The Morgan fingerprint density at radius 1 is 0.562 bits per heavy atom. The average molecular weight is 427 g/mol. The topological polar surface area (TPSA) is 0 Å². The van der Waals surface area contributed by atoms with Crippen LogP contribution in [-0.2, 0) is 0 Å². The van der Waals surface area contributed by atoms with Gasteiger partial charge in [-0.3, -0.25) is 0 Å². The van der Waals surface area contributed by atoms with Gasteiger partial charge < -0.3 is 0 Å². The fourth-order valence-corrected chi connectivity index (χ4v) is 5.56. The molecule has 2 aromatic rings. The molecule has 0 heteroatoms. The third-order valence-corrected chi connectivity index (χ3v) is 7.82. The van der Waals surface area contributed by atoms with Crippen molar-refractivity contribution in [3.05, 3.63) is 71.8 Å². The fraction of sp³-hybridized carbons (Fsp3) is 0.500. The first kappa shape index (κ1) is 23.1. The van der Waals surface area contributed by atoms with Crippen LogP contribution in [0.4, 0.5) is 0 Å². The quantitative estimate of drug-likeness (QED) is 0.374. The standard InChI is InChI=1S/C32H42/c1-3-5-7-25-9-13-27(14-10-25)29-17-21-31(22-18-29)32-23-19-30(20-24-32)28-15-11-26(12-16-28)8-6-4-2/h13,15,17-26H,3-12,14,16H2,1-2H3. The van der Waals surface area contributed by atoms with Crippen molar-refractivity contribution in [3.63, 3.8) is 0 Å². The van der Waals surface area contributed by atoms with Gasteiger partial charge in [0.15, 0.2) is 0 Å². The molecule has 0 N–H and O–H groups in total. The van der Waals surface area contributed by atoms with Crippen molar-refractivity contribution in [1.82, 2.24) is 0 Å². The van der Waals surface area contributed by atoms with Crippen LogP contribution in [0.5, 0.6) is 0 Å². The minimum absolute atomic E-state index is 0.915. The van der Waals surface area contributed by atoms with E-state index in [1.54, 1.807) is 11.1 Å². The molecule has 32 heavy (non-hydrogen) atoms. The maximum absolute atomic E-state index is 2.51. The van der Waals surface area contributed by atoms with Gasteiger partial charge in [-0.05, 0) is 83.8 Å². The summed E-state index contributed by atoms with van der Waals surface area (Å²) >= 11 is 0. The zero-order valence-corrected chi connectivity index (χ0v) is 20.4. The van der Waals surface area contributed by atoms with E-state index < -0.39 is 0 Å². The second-order valence-electron chi connectivity index (χ2n) is 10.2. The SMILES string of the molecule is CCCCC1CC=C(c2ccc(-c3ccc(C4=CCC(CCCC)CC4)cc3)cc2)CC1. The zero-order valence-electron chi connectivity index (χ0n) is 20.4. The van der Waals surface area contributed by atoms with Gasteiger partial charge in [-0.2, -0.15) is 0 Å². The Bertz CT molecular complexity index is 817. The molecule has 0 fully saturated rings. The van der Waals surface area contributed by atoms with Gasteiger partial charge in [-0.1, -0.05) is 113 Å². The largest absolute Gasteiger partial charge is 0.0804 e. The van der Waals surface area contributed by atoms with Crippen LogP contribution in [0.25, 0.3) is 22.3 Å². The second-order valence-corrected chi connectivity index (χ2v) is 10.2. The molecule has 2 unspecified atom stereocenters. The molecule has 0 heterocycles. The molecule has 2 aromatic carbocycles. The summed E-state index contributed by atoms with van der Waals surface area (Å²) in [6.45, 7) is 4.60. The first-order valence-electron chi connectivity index (χ1n) is 13.4. The molecule has 2 aliphatic rings. The van der Waals surface area contributed by atoms with Crippen LogP contribution in [0.2, 0.25) is 0 Å². The van der Waals surface area contributed by atoms with E-state index in [4.69, 9.17) is 0 Å². The van der Waals surface area contributed by atoms with E-state index in [1.807, 2.05) is 0 Å². The Morgan fingerprint density at radius 3 is 1.25 bits per heavy atom. The highest BCUT2D eigenvalue weighted by molar-refractivity contribution is 5.73. The van der Waals surface area contributed by atoms with Crippen molar-refractivity contribution >= 4 is 11.1 Å². The Kier molecular flexibility index (Phi) is 8.43. The molecule has 4 rings (SSSR count). The van der Waals surface area contributed by atoms with E-state index in [9.17, 15) is 0 Å². The van der Waals surface area contributed by atoms with Crippen LogP contribution in [0.15, 0.2) is 60.7 Å². The molecule has 0 nitrogen and oxygen atoms in total. The minimum Gasteiger partial charge on any atom is -0.0804 e. The summed E-state index contributed by atoms with van der Waals surface area (Å²) in [6, 6.07) is 18.6. The smallest absolute Gasteiger partial charge is 0.0184 e. The summed E-state index contributed by atoms with van der Waals surface area (Å²) in [7, 11) is 0. The van der Waals surface area contributed by atoms with Crippen molar-refractivity contribution in [2.24, 2.45) is 11.8 Å². The molecular formula is C32H42. The predicted molar refractivity (Wildman–Crippen MR) is 142 cm³/mol. The van der Waals surface area contributed by atoms with E-state index in [0.717, 1.165) is 11.8 Å². The first-order chi connectivity index (χ1) is 15.8. The number of unbranched alkanes of at least 4 members (excludes halogenated alkanes) is 2. The molecule has 0 aromatic heterocycles. The lowest BCUT2D eigenvalue weighted by Crippen LogP contribution is -2.05. The molecule has 0 saturated heterocycles. The molecule has 170 valence electrons. The number of hydrogen-bond acceptors (Lipinski definition) is 0. The van der Waals surface area contributed by atoms with Crippen molar-refractivity contribution in [2.45, 2.75) is 90.9 Å². The molecule has 0 radical (unpaired) electrons. The normalized spacial score (nSPS) is 21.2. The summed E-state index contributed by atoms with van der Waals surface area (Å²) in [4.78, 5) is 0. The van der Waals surface area contributed by atoms with Crippen molar-refractivity contribution in [1.29, 1.82) is 0 Å². The molecule has 0 amide bonds. The molecule has 0 bridgehead atoms. The molecule has 0 saturated carbocycles. The molecular weight excluding hydrogens is 384 g/mol. The molecule has 2 aliphatic carbocycles. The van der Waals surface area contributed by atoms with Gasteiger partial charge in [0, 0.05) is 0 Å². The number of benzene rings is 2. The predicted octanol–water partition coefficient (Wildman–Crippen LogP) is 10.1. The van der Waals surface area contributed by atoms with Crippen molar-refractivity contribution < 1.29 is 0 Å². The van der Waals surface area contributed by atoms with Gasteiger partial charge in [0.05, 0.1) is 0 Å². The van der Waals surface area contributed by atoms with E-state index in [-0.39, 0.29) is 0 Å². The van der Waals surface area contributed by atoms with Crippen LogP contribution in [0.3, 0.4) is 0 Å². The third kappa shape index (κ3) is 6.03. The summed E-state index contributed by atoms with van der Waals surface area (Å²) in [5.74, 6) is 1.83. The summed E-state index contributed by atoms with van der Waals surface area (Å²) < 4.78 is 0. The Labute approximate surface area is 196 Å². The third-order valence-electron chi connectivity index (χ3n) is 7.82. The zero-order chi connectivity index (χ0) is 22.2. The van der Waals surface area contributed by atoms with Crippen molar-refractivity contribution in [3.8, 4) is 11.1 Å². The van der Waals surface area contributed by atoms with Crippen LogP contribution in [0.1, 0.15) is 102 Å². The molecule has 0 aliphatic heterocycles. The summed E-state index contributed by atoms with van der Waals surface area (Å²) in [6.07, 6.45) is 21.0. The van der Waals surface area contributed by atoms with Crippen LogP contribution >= 0.6 is 0 Å². The minimum atomic E-state index is 0.915. The highest BCUT2D eigenvalue weighted by Crippen LogP contribution is 2.35. The van der Waals surface area contributed by atoms with Gasteiger partial charge in [0.1, 0.15) is 0 Å². The number of hydrogen-bond donors (Lipinski definition) is 0. The van der Waals surface area contributed by atoms with E-state index >= 15 is 0 Å². The van der Waals surface area contributed by atoms with Gasteiger partial charge in [-0.15, -0.1) is 0 Å². The maximum atomic E-state index is 2.51. The maximum Gasteiger partial charge on any atom is -0.0184 e. The fourth-order valence-electron chi connectivity index (χ4n) is 5.56. The van der Waals surface area contributed by atoms with Gasteiger partial charge in [0.25, 0.3) is 0 Å². The van der Waals surface area contributed by atoms with Crippen LogP contribution < -0.4 is 0 Å². The Balaban J connectivity index is 1.36. The Hall–Kier alpha value is -2.08. The first-order valence-corrected chi connectivity index (χ1v) is 13.4. The highest BCUT2D eigenvalue weighted by atomic mass is 14.2. The number of rotatable bonds is 9. The number of allylic oxidation sites excluding steroid dienone is 4.